The molecule has 20 unspecified atom stereocenters. The number of ether oxygens (including phenoxy) is 18. The lowest BCUT2D eigenvalue weighted by molar-refractivity contribution is -0.397. The van der Waals surface area contributed by atoms with Crippen LogP contribution in [0.5, 0.6) is 0 Å². The fourth-order valence-electron chi connectivity index (χ4n) is 18.5. The first-order valence-corrected chi connectivity index (χ1v) is 44.4. The molecule has 0 aromatic heterocycles. The second-order valence-corrected chi connectivity index (χ2v) is 35.0. The average Bonchev–Trinajstić information content (AvgIpc) is 1.61. The highest BCUT2D eigenvalue weighted by molar-refractivity contribution is 5.88. The van der Waals surface area contributed by atoms with E-state index in [0.29, 0.717) is 0 Å². The van der Waals surface area contributed by atoms with E-state index in [1.165, 1.54) is 0 Å². The van der Waals surface area contributed by atoms with E-state index in [0.717, 1.165) is 49.9 Å². The number of amides is 5. The van der Waals surface area contributed by atoms with Gasteiger partial charge in [-0.2, -0.15) is 0 Å². The maximum atomic E-state index is 14.0. The zero-order valence-corrected chi connectivity index (χ0v) is 74.3. The Morgan fingerprint density at radius 1 is 0.312 bits per heavy atom. The van der Waals surface area contributed by atoms with Crippen molar-refractivity contribution >= 4 is 41.5 Å². The molecule has 138 heavy (non-hydrogen) atoms. The highest BCUT2D eigenvalue weighted by Gasteiger charge is 2.61. The third-order valence-electron chi connectivity index (χ3n) is 25.6. The maximum absolute atomic E-state index is 14.0. The summed E-state index contributed by atoms with van der Waals surface area (Å²) >= 11 is 0. The van der Waals surface area contributed by atoms with Gasteiger partial charge in [-0.25, -0.2) is 9.59 Å². The minimum absolute atomic E-state index is 0.243. The van der Waals surface area contributed by atoms with Crippen molar-refractivity contribution in [3.63, 3.8) is 0 Å². The molecular weight excluding hydrogens is 1870 g/mol. The van der Waals surface area contributed by atoms with E-state index in [-0.39, 0.29) is 6.61 Å². The summed E-state index contributed by atoms with van der Waals surface area (Å²) in [4.78, 5) is 92.3. The van der Waals surface area contributed by atoms with Gasteiger partial charge in [0.25, 0.3) is 0 Å². The molecule has 0 bridgehead atoms. The van der Waals surface area contributed by atoms with Crippen molar-refractivity contribution in [1.29, 1.82) is 0 Å². The molecule has 5 amide bonds. The number of carbonyl (C=O) groups is 7. The Hall–Kier alpha value is -6.91. The van der Waals surface area contributed by atoms with Crippen molar-refractivity contribution in [2.24, 2.45) is 5.92 Å². The molecule has 0 spiro atoms. The van der Waals surface area contributed by atoms with Crippen LogP contribution in [0.2, 0.25) is 0 Å². The molecule has 46 atom stereocenters. The minimum Gasteiger partial charge on any atom is -0.480 e. The molecule has 55 nitrogen and oxygen atoms in total. The van der Waals surface area contributed by atoms with Crippen molar-refractivity contribution in [2.75, 3.05) is 72.7 Å². The summed E-state index contributed by atoms with van der Waals surface area (Å²) in [6, 6.07) is 5.28. The van der Waals surface area contributed by atoms with Crippen LogP contribution in [0.15, 0.2) is 48.5 Å². The van der Waals surface area contributed by atoms with Crippen molar-refractivity contribution in [1.82, 2.24) is 26.6 Å². The van der Waals surface area contributed by atoms with Crippen LogP contribution >= 0.6 is 0 Å². The van der Waals surface area contributed by atoms with Gasteiger partial charge in [0.05, 0.1) is 90.2 Å². The Morgan fingerprint density at radius 2 is 0.652 bits per heavy atom. The number of rotatable bonds is 38. The van der Waals surface area contributed by atoms with Gasteiger partial charge in [-0.3, -0.25) is 24.0 Å². The largest absolute Gasteiger partial charge is 0.480 e. The summed E-state index contributed by atoms with van der Waals surface area (Å²) in [6.07, 6.45) is -86.1. The van der Waals surface area contributed by atoms with Crippen LogP contribution in [0.4, 0.5) is 4.79 Å². The molecule has 30 N–H and O–H groups in total. The van der Waals surface area contributed by atoms with E-state index < -0.39 is 408 Å². The van der Waals surface area contributed by atoms with E-state index in [2.05, 4.69) is 26.6 Å². The summed E-state index contributed by atoms with van der Waals surface area (Å²) in [6.45, 7) is -7.42. The third-order valence-corrected chi connectivity index (χ3v) is 25.6. The minimum atomic E-state index is -2.62. The number of hydrogen-bond donors (Lipinski definition) is 30. The number of alkyl carbamates (subject to hydrolysis) is 1. The number of carboxylic acids is 1. The van der Waals surface area contributed by atoms with Gasteiger partial charge in [-0.1, -0.05) is 48.5 Å². The summed E-state index contributed by atoms with van der Waals surface area (Å²) in [5.74, 6) is -8.61. The molecule has 2 aromatic rings. The normalized spacial score (nSPS) is 42.4. The van der Waals surface area contributed by atoms with Gasteiger partial charge in [0.15, 0.2) is 50.3 Å². The van der Waals surface area contributed by atoms with Gasteiger partial charge in [0.1, 0.15) is 220 Å². The SMILES string of the molecule is CC(=O)NC1C(O)[C@H](O[C@@H]2OC(CO)[C@H](O)[C@H](O)C2O)[C@H](CO)O[C@H]1OCC1[C@@H](OCC2O[C@@H](O[C@@H]3C(CO)O[C@@H](O[C@@H]4C(CO)O[C@@H](CC(=O)CC(NC(=O)OCC5c6ccccc6-c6ccccc65)C(=O)O)C(NC(C)=O)[C@H]4O)C(NC(C)=O)[C@H]3O)C(O)[C@@H](O[C@H]3OC(CO)[C@@H](O)C(O)C3O[C@@H]3OC(CO)[C@@H](O[C@@H]4OC(CO)[C@H](O)[C@H](O)C4O)[C@H](O)C3NC(C)=O)[C@@H]2O)OC(CO)[C@@H](O)[C@@H]1O. The fraction of sp³-hybridized carbons (Fsp3) is 0.771. The average molecular weight is 1990 g/mol. The Kier molecular flexibility index (Phi) is 38.7. The number of carboxylic acid groups (broad SMARTS) is 1. The predicted molar refractivity (Wildman–Crippen MR) is 440 cm³/mol. The number of fused-ring (bicyclic) bond motifs is 3. The highest BCUT2D eigenvalue weighted by atomic mass is 16.8. The quantitative estimate of drug-likeness (QED) is 0.0297. The Balaban J connectivity index is 0.813. The van der Waals surface area contributed by atoms with Gasteiger partial charge >= 0.3 is 12.1 Å². The first-order chi connectivity index (χ1) is 65.6. The van der Waals surface area contributed by atoms with Crippen LogP contribution in [-0.2, 0) is 114 Å². The molecule has 2 aromatic carbocycles. The van der Waals surface area contributed by atoms with E-state index in [9.17, 15) is 161 Å². The monoisotopic (exact) mass is 1990 g/mol. The number of aliphatic hydroxyl groups excluding tert-OH is 24. The summed E-state index contributed by atoms with van der Waals surface area (Å²) < 4.78 is 108. The van der Waals surface area contributed by atoms with Crippen LogP contribution < -0.4 is 26.6 Å². The molecule has 9 heterocycles. The number of aliphatic carboxylic acids is 1. The van der Waals surface area contributed by atoms with Crippen LogP contribution in [-0.4, -0.2) is 518 Å². The van der Waals surface area contributed by atoms with Crippen LogP contribution in [0, 0.1) is 5.92 Å². The van der Waals surface area contributed by atoms with Crippen molar-refractivity contribution < 1.29 is 246 Å². The lowest BCUT2D eigenvalue weighted by Gasteiger charge is -2.51. The summed E-state index contributed by atoms with van der Waals surface area (Å²) in [7, 11) is 0. The fourth-order valence-corrected chi connectivity index (χ4v) is 18.5. The zero-order valence-electron chi connectivity index (χ0n) is 74.3. The van der Waals surface area contributed by atoms with E-state index in [1.54, 1.807) is 12.1 Å². The molecule has 55 heteroatoms. The number of ketones is 1. The third kappa shape index (κ3) is 24.5. The standard InChI is InChI=1S/C83H123N5O50/c1-26(97)84-48-38(14-30(101)13-37(74(118)119)88-83(120)123-23-35-33-11-7-5-9-31(33)32-10-6-8-12-34(32)35)124-43(19-93)68(58(48)108)133-77-50(86-28(3)99)60(110)71(46(22-96)130-77)136-81-67(117)72(137-82-73(64(114)56(106)42(18-92)128-82)138-78-51(87-29(4)100)61(111)70(45(21-95)131-78)135-80-66(116)63(113)55(105)41(17-91)127-80)57(107)47(132-81)25-122-75-36(52(102)53(103)39(15-89)125-75)24-121-76-49(85-27(2)98)59(109)69(44(20-94)129-76)134-79-65(115)62(112)54(104)40(16-90)126-79/h5-12,35-73,75-82,89-96,102-117H,13-25H2,1-4H3,(H,84,97)(H,85,98)(H,86,99)(H,87,100)(H,88,120)(H,118,119)/t36?,37?,38-,39?,40?,41?,42?,43?,44-,45?,46?,47?,48?,49?,50?,51?,52+,53+,54-,55-,56+,57+,58+,59?,60+,61+,62-,63-,64?,65?,66?,67?,68+,69+,70+,71+,72-,73?,75-,76+,77-,78-,79-,80-,81-,82+/m0/s1. The van der Waals surface area contributed by atoms with Gasteiger partial charge in [-0.15, -0.1) is 0 Å². The van der Waals surface area contributed by atoms with Gasteiger partial charge < -0.3 is 240 Å². The van der Waals surface area contributed by atoms with Crippen LogP contribution in [0.3, 0.4) is 0 Å². The van der Waals surface area contributed by atoms with E-state index >= 15 is 0 Å². The number of hydrogen-bond acceptors (Lipinski definition) is 49. The summed E-state index contributed by atoms with van der Waals surface area (Å²) in [5.41, 5.74) is 3.46. The molecule has 1 aliphatic carbocycles. The zero-order chi connectivity index (χ0) is 101. The molecule has 9 aliphatic heterocycles. The van der Waals surface area contributed by atoms with Crippen LogP contribution in [0.25, 0.3) is 11.1 Å². The molecular formula is C83H123N5O50. The number of benzene rings is 2. The predicted octanol–water partition coefficient (Wildman–Crippen LogP) is -16.4. The van der Waals surface area contributed by atoms with Crippen molar-refractivity contribution in [2.45, 2.75) is 322 Å². The lowest BCUT2D eigenvalue weighted by Crippen LogP contribution is -2.71. The highest BCUT2D eigenvalue weighted by Crippen LogP contribution is 2.46. The van der Waals surface area contributed by atoms with Gasteiger partial charge in [0.2, 0.25) is 23.6 Å². The Morgan fingerprint density at radius 3 is 1.09 bits per heavy atom. The van der Waals surface area contributed by atoms with Crippen molar-refractivity contribution in [3.8, 4) is 11.1 Å². The summed E-state index contributed by atoms with van der Waals surface area (Å²) in [5, 5.41) is 292. The first-order valence-electron chi connectivity index (χ1n) is 44.4. The van der Waals surface area contributed by atoms with E-state index in [4.69, 9.17) is 85.3 Å². The molecule has 9 saturated heterocycles. The lowest BCUT2D eigenvalue weighted by atomic mass is 9.88. The number of carbonyl (C=O) groups excluding carboxylic acids is 6. The van der Waals surface area contributed by atoms with Gasteiger partial charge in [0, 0.05) is 46.5 Å². The second kappa shape index (κ2) is 48.7. The second-order valence-electron chi connectivity index (χ2n) is 35.0. The topological polar surface area (TPSA) is 852 Å². The van der Waals surface area contributed by atoms with Gasteiger partial charge in [-0.05, 0) is 22.3 Å². The molecule has 9 fully saturated rings. The first kappa shape index (κ1) is 110. The molecule has 780 valence electrons. The Labute approximate surface area is 783 Å². The number of aliphatic hydroxyl groups is 24. The van der Waals surface area contributed by atoms with E-state index in [1.807, 2.05) is 36.4 Å². The molecule has 0 radical (unpaired) electrons. The molecule has 12 rings (SSSR count). The molecule has 10 aliphatic rings. The van der Waals surface area contributed by atoms with Crippen LogP contribution in [0.1, 0.15) is 57.6 Å². The maximum Gasteiger partial charge on any atom is 0.407 e. The van der Waals surface area contributed by atoms with Crippen molar-refractivity contribution in [3.05, 3.63) is 59.7 Å². The molecule has 0 saturated carbocycles. The number of Topliss-reactive ketones (excluding diaryl/α,β-unsaturated/α-hetero) is 1. The smallest absolute Gasteiger partial charge is 0.407 e. The number of nitrogens with one attached hydrogen (secondary N) is 5. The Bertz CT molecular complexity index is 4270.